The molecule has 4 heteroatoms. The highest BCUT2D eigenvalue weighted by molar-refractivity contribution is 5.00. The lowest BCUT2D eigenvalue weighted by atomic mass is 9.85. The summed E-state index contributed by atoms with van der Waals surface area (Å²) in [6.07, 6.45) is 0.822. The average Bonchev–Trinajstić information content (AvgIpc) is 2.13. The summed E-state index contributed by atoms with van der Waals surface area (Å²) in [5.41, 5.74) is 11.0. The van der Waals surface area contributed by atoms with Crippen LogP contribution in [0.1, 0.15) is 27.2 Å². The molecule has 0 aliphatic carbocycles. The van der Waals surface area contributed by atoms with E-state index in [1.807, 2.05) is 39.8 Å². The molecule has 0 radical (unpaired) electrons. The molecule has 0 aliphatic heterocycles. The highest BCUT2D eigenvalue weighted by Gasteiger charge is 2.46. The van der Waals surface area contributed by atoms with Crippen LogP contribution < -0.4 is 11.5 Å². The molecule has 0 fully saturated rings. The van der Waals surface area contributed by atoms with Crippen molar-refractivity contribution in [3.8, 4) is 0 Å². The number of hydrogen-bond acceptors (Lipinski definition) is 4. The van der Waals surface area contributed by atoms with Crippen LogP contribution in [0.2, 0.25) is 0 Å². The molecule has 4 N–H and O–H groups in total. The van der Waals surface area contributed by atoms with E-state index in [0.29, 0.717) is 13.2 Å². The summed E-state index contributed by atoms with van der Waals surface area (Å²) in [6, 6.07) is 0. The van der Waals surface area contributed by atoms with E-state index < -0.39 is 11.3 Å². The molecule has 14 heavy (non-hydrogen) atoms. The van der Waals surface area contributed by atoms with Crippen molar-refractivity contribution in [2.75, 3.05) is 27.2 Å². The summed E-state index contributed by atoms with van der Waals surface area (Å²) in [6.45, 7) is 7.00. The number of nitrogens with two attached hydrogens (primary N) is 2. The van der Waals surface area contributed by atoms with E-state index in [4.69, 9.17) is 16.2 Å². The molecule has 2 unspecified atom stereocenters. The Morgan fingerprint density at radius 3 is 2.00 bits per heavy atom. The van der Waals surface area contributed by atoms with Gasteiger partial charge in [0.25, 0.3) is 0 Å². The van der Waals surface area contributed by atoms with Gasteiger partial charge < -0.3 is 16.2 Å². The van der Waals surface area contributed by atoms with Crippen LogP contribution in [0, 0.1) is 0 Å². The summed E-state index contributed by atoms with van der Waals surface area (Å²) in [5.74, 6) is 0. The van der Waals surface area contributed by atoms with Crippen LogP contribution in [-0.2, 0) is 4.74 Å². The summed E-state index contributed by atoms with van der Waals surface area (Å²) in [5, 5.41) is 0. The molecule has 0 aliphatic rings. The lowest BCUT2D eigenvalue weighted by Gasteiger charge is -2.49. The van der Waals surface area contributed by atoms with Crippen molar-refractivity contribution in [2.24, 2.45) is 11.5 Å². The zero-order valence-electron chi connectivity index (χ0n) is 10.1. The van der Waals surface area contributed by atoms with Gasteiger partial charge in [0, 0.05) is 13.2 Å². The second kappa shape index (κ2) is 5.07. The Labute approximate surface area is 87.6 Å². The normalized spacial score (nSPS) is 20.6. The van der Waals surface area contributed by atoms with Crippen LogP contribution in [0.25, 0.3) is 0 Å². The van der Waals surface area contributed by atoms with Crippen molar-refractivity contribution >= 4 is 0 Å². The lowest BCUT2D eigenvalue weighted by molar-refractivity contribution is -0.170. The van der Waals surface area contributed by atoms with E-state index in [1.165, 1.54) is 0 Å². The first-order valence-electron chi connectivity index (χ1n) is 5.18. The van der Waals surface area contributed by atoms with Crippen LogP contribution in [0.3, 0.4) is 0 Å². The van der Waals surface area contributed by atoms with Crippen molar-refractivity contribution in [1.29, 1.82) is 0 Å². The van der Waals surface area contributed by atoms with Gasteiger partial charge in [-0.15, -0.1) is 0 Å². The van der Waals surface area contributed by atoms with Crippen LogP contribution in [0.4, 0.5) is 0 Å². The largest absolute Gasteiger partial charge is 0.357 e. The Kier molecular flexibility index (Phi) is 5.01. The molecule has 2 atom stereocenters. The van der Waals surface area contributed by atoms with Gasteiger partial charge in [-0.2, -0.15) is 0 Å². The monoisotopic (exact) mass is 203 g/mol. The fourth-order valence-corrected chi connectivity index (χ4v) is 1.79. The number of likely N-dealkylation sites (N-methyl/N-ethyl adjacent to an activating group) is 1. The molecule has 0 aromatic carbocycles. The molecular formula is C10H25N3O. The number of rotatable bonds is 6. The fraction of sp³-hybridized carbons (Fsp3) is 1.00. The van der Waals surface area contributed by atoms with Crippen molar-refractivity contribution in [1.82, 2.24) is 4.90 Å². The third kappa shape index (κ3) is 2.25. The molecule has 0 aromatic heterocycles. The summed E-state index contributed by atoms with van der Waals surface area (Å²) >= 11 is 0. The molecule has 0 bridgehead atoms. The number of hydrogen-bond donors (Lipinski definition) is 2. The third-order valence-electron chi connectivity index (χ3n) is 3.01. The highest BCUT2D eigenvalue weighted by atomic mass is 16.5. The molecule has 0 saturated heterocycles. The predicted octanol–water partition coefficient (Wildman–Crippen LogP) is 0.367. The Balaban J connectivity index is 5.02. The van der Waals surface area contributed by atoms with Gasteiger partial charge in [0.15, 0.2) is 5.72 Å². The van der Waals surface area contributed by atoms with Gasteiger partial charge in [-0.3, -0.25) is 4.90 Å². The minimum atomic E-state index is -0.573. The fourth-order valence-electron chi connectivity index (χ4n) is 1.79. The van der Waals surface area contributed by atoms with E-state index in [2.05, 4.69) is 0 Å². The summed E-state index contributed by atoms with van der Waals surface area (Å²) < 4.78 is 5.77. The van der Waals surface area contributed by atoms with Gasteiger partial charge in [-0.25, -0.2) is 0 Å². The van der Waals surface area contributed by atoms with Gasteiger partial charge in [0.05, 0.1) is 5.54 Å². The Morgan fingerprint density at radius 2 is 1.79 bits per heavy atom. The highest BCUT2D eigenvalue weighted by Crippen LogP contribution is 2.28. The van der Waals surface area contributed by atoms with Gasteiger partial charge in [0.2, 0.25) is 0 Å². The van der Waals surface area contributed by atoms with Crippen molar-refractivity contribution in [2.45, 2.75) is 38.5 Å². The van der Waals surface area contributed by atoms with Crippen LogP contribution in [0.15, 0.2) is 0 Å². The average molecular weight is 203 g/mol. The zero-order chi connectivity index (χ0) is 11.4. The first kappa shape index (κ1) is 13.8. The third-order valence-corrected chi connectivity index (χ3v) is 3.01. The van der Waals surface area contributed by atoms with E-state index in [0.717, 1.165) is 6.42 Å². The Bertz CT molecular complexity index is 171. The lowest BCUT2D eigenvalue weighted by Crippen LogP contribution is -2.70. The molecular weight excluding hydrogens is 178 g/mol. The first-order valence-corrected chi connectivity index (χ1v) is 5.18. The molecule has 0 heterocycles. The quantitative estimate of drug-likeness (QED) is 0.612. The van der Waals surface area contributed by atoms with Crippen LogP contribution >= 0.6 is 0 Å². The SMILES string of the molecule is CCOC(CN)(N(C)C)C(C)(N)CC. The van der Waals surface area contributed by atoms with Crippen molar-refractivity contribution in [3.05, 3.63) is 0 Å². The Morgan fingerprint density at radius 1 is 1.29 bits per heavy atom. The molecule has 0 rings (SSSR count). The molecule has 4 nitrogen and oxygen atoms in total. The molecule has 86 valence electrons. The van der Waals surface area contributed by atoms with E-state index in [1.54, 1.807) is 0 Å². The van der Waals surface area contributed by atoms with Crippen LogP contribution in [-0.4, -0.2) is 43.4 Å². The molecule has 0 amide bonds. The number of ether oxygens (including phenoxy) is 1. The molecule has 0 spiro atoms. The van der Waals surface area contributed by atoms with Gasteiger partial charge in [0.1, 0.15) is 0 Å². The van der Waals surface area contributed by atoms with Crippen molar-refractivity contribution in [3.63, 3.8) is 0 Å². The molecule has 0 aromatic rings. The topological polar surface area (TPSA) is 64.5 Å². The predicted molar refractivity (Wildman–Crippen MR) is 60.0 cm³/mol. The second-order valence-corrected chi connectivity index (χ2v) is 4.09. The summed E-state index contributed by atoms with van der Waals surface area (Å²) in [4.78, 5) is 1.97. The minimum Gasteiger partial charge on any atom is -0.357 e. The molecule has 0 saturated carbocycles. The standard InChI is InChI=1S/C10H25N3O/c1-6-9(3,12)10(8-11,13(4)5)14-7-2/h6-8,11-12H2,1-5H3. The van der Waals surface area contributed by atoms with E-state index in [9.17, 15) is 0 Å². The van der Waals surface area contributed by atoms with Crippen molar-refractivity contribution < 1.29 is 4.74 Å². The van der Waals surface area contributed by atoms with Gasteiger partial charge in [-0.1, -0.05) is 6.92 Å². The zero-order valence-corrected chi connectivity index (χ0v) is 10.1. The van der Waals surface area contributed by atoms with E-state index in [-0.39, 0.29) is 0 Å². The second-order valence-electron chi connectivity index (χ2n) is 4.09. The maximum Gasteiger partial charge on any atom is 0.151 e. The minimum absolute atomic E-state index is 0.397. The number of nitrogens with zero attached hydrogens (tertiary/aromatic N) is 1. The Hall–Kier alpha value is -0.160. The maximum absolute atomic E-state index is 6.25. The summed E-state index contributed by atoms with van der Waals surface area (Å²) in [7, 11) is 3.90. The van der Waals surface area contributed by atoms with Gasteiger partial charge >= 0.3 is 0 Å². The first-order chi connectivity index (χ1) is 6.38. The smallest absolute Gasteiger partial charge is 0.151 e. The van der Waals surface area contributed by atoms with E-state index >= 15 is 0 Å². The van der Waals surface area contributed by atoms with Gasteiger partial charge in [-0.05, 0) is 34.4 Å². The maximum atomic E-state index is 6.25. The van der Waals surface area contributed by atoms with Crippen LogP contribution in [0.5, 0.6) is 0 Å².